The van der Waals surface area contributed by atoms with E-state index in [4.69, 9.17) is 0 Å². The van der Waals surface area contributed by atoms with Crippen molar-refractivity contribution >= 4 is 24.0 Å². The predicted octanol–water partition coefficient (Wildman–Crippen LogP) is 1.68. The largest absolute Gasteiger partial charge is 0.315 e. The topological polar surface area (TPSA) is 32.3 Å². The molecule has 1 aromatic rings. The van der Waals surface area contributed by atoms with Gasteiger partial charge in [-0.1, -0.05) is 18.2 Å². The number of nitrogens with one attached hydrogen (secondary N) is 1. The Kier molecular flexibility index (Phi) is 4.77. The molecule has 0 unspecified atom stereocenters. The average molecular weight is 241 g/mol. The molecule has 4 heteroatoms. The van der Waals surface area contributed by atoms with Gasteiger partial charge in [0.05, 0.1) is 5.92 Å². The fourth-order valence-corrected chi connectivity index (χ4v) is 1.76. The summed E-state index contributed by atoms with van der Waals surface area (Å²) in [6, 6.07) is 9.85. The van der Waals surface area contributed by atoms with Gasteiger partial charge in [0.2, 0.25) is 5.91 Å². The summed E-state index contributed by atoms with van der Waals surface area (Å²) in [5.41, 5.74) is 0.997. The van der Waals surface area contributed by atoms with E-state index in [0.717, 1.165) is 25.3 Å². The minimum absolute atomic E-state index is 0. The van der Waals surface area contributed by atoms with Crippen LogP contribution in [0, 0.1) is 5.92 Å². The van der Waals surface area contributed by atoms with Gasteiger partial charge < -0.3 is 10.2 Å². The molecular formula is C12H17ClN2O. The number of para-hydroxylation sites is 1. The third-order valence-electron chi connectivity index (χ3n) is 2.78. The summed E-state index contributed by atoms with van der Waals surface area (Å²) in [4.78, 5) is 13.9. The number of nitrogens with zero attached hydrogens (tertiary/aromatic N) is 1. The summed E-state index contributed by atoms with van der Waals surface area (Å²) < 4.78 is 0. The quantitative estimate of drug-likeness (QED) is 0.872. The van der Waals surface area contributed by atoms with Gasteiger partial charge in [-0.15, -0.1) is 12.4 Å². The molecule has 3 nitrogen and oxygen atoms in total. The number of carbonyl (C=O) groups is 1. The van der Waals surface area contributed by atoms with Crippen molar-refractivity contribution in [1.29, 1.82) is 0 Å². The third-order valence-corrected chi connectivity index (χ3v) is 2.78. The van der Waals surface area contributed by atoms with Crippen LogP contribution in [0.25, 0.3) is 0 Å². The lowest BCUT2D eigenvalue weighted by Crippen LogP contribution is -2.52. The Morgan fingerprint density at radius 1 is 1.38 bits per heavy atom. The lowest BCUT2D eigenvalue weighted by atomic mass is 10.0. The zero-order valence-corrected chi connectivity index (χ0v) is 10.2. The van der Waals surface area contributed by atoms with E-state index in [1.54, 1.807) is 0 Å². The molecule has 2 rings (SSSR count). The molecule has 0 bridgehead atoms. The van der Waals surface area contributed by atoms with E-state index in [-0.39, 0.29) is 24.2 Å². The summed E-state index contributed by atoms with van der Waals surface area (Å²) in [6.07, 6.45) is 0. The first-order chi connectivity index (χ1) is 7.33. The monoisotopic (exact) mass is 240 g/mol. The molecular weight excluding hydrogens is 224 g/mol. The zero-order chi connectivity index (χ0) is 10.7. The standard InChI is InChI=1S/C12H16N2O.ClH/c1-2-14(11-6-4-3-5-7-11)12(15)10-8-13-9-10;/h3-7,10,13H,2,8-9H2,1H3;1H. The van der Waals surface area contributed by atoms with Gasteiger partial charge in [-0.25, -0.2) is 0 Å². The second-order valence-corrected chi connectivity index (χ2v) is 3.77. The number of hydrogen-bond acceptors (Lipinski definition) is 2. The molecule has 16 heavy (non-hydrogen) atoms. The van der Waals surface area contributed by atoms with Crippen LogP contribution in [0.15, 0.2) is 30.3 Å². The number of amides is 1. The maximum Gasteiger partial charge on any atom is 0.232 e. The van der Waals surface area contributed by atoms with Crippen molar-refractivity contribution in [3.8, 4) is 0 Å². The van der Waals surface area contributed by atoms with Crippen LogP contribution in [-0.4, -0.2) is 25.5 Å². The van der Waals surface area contributed by atoms with Gasteiger partial charge in [-0.2, -0.15) is 0 Å². The molecule has 0 atom stereocenters. The predicted molar refractivity (Wildman–Crippen MR) is 68.1 cm³/mol. The normalized spacial score (nSPS) is 14.8. The minimum atomic E-state index is 0. The highest BCUT2D eigenvalue weighted by molar-refractivity contribution is 5.95. The molecule has 1 N–H and O–H groups in total. The van der Waals surface area contributed by atoms with E-state index in [9.17, 15) is 4.79 Å². The van der Waals surface area contributed by atoms with Crippen LogP contribution in [0.3, 0.4) is 0 Å². The Morgan fingerprint density at radius 3 is 2.44 bits per heavy atom. The van der Waals surface area contributed by atoms with Gasteiger partial charge >= 0.3 is 0 Å². The molecule has 88 valence electrons. The molecule has 1 aromatic carbocycles. The van der Waals surface area contributed by atoms with Crippen LogP contribution in [0.2, 0.25) is 0 Å². The Bertz CT molecular complexity index is 338. The molecule has 0 radical (unpaired) electrons. The number of hydrogen-bond donors (Lipinski definition) is 1. The van der Waals surface area contributed by atoms with Crippen LogP contribution in [0.4, 0.5) is 5.69 Å². The molecule has 1 aliphatic rings. The van der Waals surface area contributed by atoms with Gasteiger partial charge in [0.1, 0.15) is 0 Å². The molecule has 0 saturated carbocycles. The number of benzene rings is 1. The zero-order valence-electron chi connectivity index (χ0n) is 9.35. The molecule has 0 aromatic heterocycles. The van der Waals surface area contributed by atoms with Crippen LogP contribution in [-0.2, 0) is 4.79 Å². The molecule has 1 aliphatic heterocycles. The fraction of sp³-hybridized carbons (Fsp3) is 0.417. The van der Waals surface area contributed by atoms with Gasteiger partial charge in [0.15, 0.2) is 0 Å². The number of anilines is 1. The van der Waals surface area contributed by atoms with Crippen molar-refractivity contribution in [3.05, 3.63) is 30.3 Å². The van der Waals surface area contributed by atoms with Crippen molar-refractivity contribution < 1.29 is 4.79 Å². The van der Waals surface area contributed by atoms with Crippen molar-refractivity contribution in [2.24, 2.45) is 5.92 Å². The maximum atomic E-state index is 12.0. The summed E-state index contributed by atoms with van der Waals surface area (Å²) in [5.74, 6) is 0.410. The van der Waals surface area contributed by atoms with Crippen LogP contribution >= 0.6 is 12.4 Å². The highest BCUT2D eigenvalue weighted by Gasteiger charge is 2.29. The van der Waals surface area contributed by atoms with Crippen molar-refractivity contribution in [2.75, 3.05) is 24.5 Å². The molecule has 0 aliphatic carbocycles. The SMILES string of the molecule is CCN(C(=O)C1CNC1)c1ccccc1.Cl. The van der Waals surface area contributed by atoms with E-state index in [0.29, 0.717) is 0 Å². The summed E-state index contributed by atoms with van der Waals surface area (Å²) in [5, 5.41) is 3.13. The maximum absolute atomic E-state index is 12.0. The molecule has 1 amide bonds. The van der Waals surface area contributed by atoms with Gasteiger partial charge in [0, 0.05) is 25.3 Å². The van der Waals surface area contributed by atoms with Crippen LogP contribution in [0.1, 0.15) is 6.92 Å². The second-order valence-electron chi connectivity index (χ2n) is 3.77. The number of rotatable bonds is 3. The first-order valence-corrected chi connectivity index (χ1v) is 5.40. The Morgan fingerprint density at radius 2 is 2.00 bits per heavy atom. The smallest absolute Gasteiger partial charge is 0.232 e. The lowest BCUT2D eigenvalue weighted by Gasteiger charge is -2.31. The summed E-state index contributed by atoms with van der Waals surface area (Å²) in [7, 11) is 0. The van der Waals surface area contributed by atoms with Crippen molar-refractivity contribution in [2.45, 2.75) is 6.92 Å². The molecule has 0 spiro atoms. The highest BCUT2D eigenvalue weighted by Crippen LogP contribution is 2.17. The lowest BCUT2D eigenvalue weighted by molar-refractivity contribution is -0.123. The number of carbonyl (C=O) groups excluding carboxylic acids is 1. The summed E-state index contributed by atoms with van der Waals surface area (Å²) in [6.45, 7) is 4.39. The first kappa shape index (κ1) is 13.0. The van der Waals surface area contributed by atoms with E-state index in [1.807, 2.05) is 42.2 Å². The Hall–Kier alpha value is -1.06. The first-order valence-electron chi connectivity index (χ1n) is 5.40. The Balaban J connectivity index is 0.00000128. The molecule has 1 fully saturated rings. The Labute approximate surface area is 102 Å². The summed E-state index contributed by atoms with van der Waals surface area (Å²) >= 11 is 0. The fourth-order valence-electron chi connectivity index (χ4n) is 1.76. The van der Waals surface area contributed by atoms with E-state index < -0.39 is 0 Å². The van der Waals surface area contributed by atoms with Gasteiger partial charge in [-0.05, 0) is 19.1 Å². The van der Waals surface area contributed by atoms with Crippen molar-refractivity contribution in [3.63, 3.8) is 0 Å². The second kappa shape index (κ2) is 5.87. The number of halogens is 1. The van der Waals surface area contributed by atoms with Crippen LogP contribution < -0.4 is 10.2 Å². The van der Waals surface area contributed by atoms with E-state index in [1.165, 1.54) is 0 Å². The van der Waals surface area contributed by atoms with E-state index in [2.05, 4.69) is 5.32 Å². The molecule has 1 saturated heterocycles. The third kappa shape index (κ3) is 2.54. The average Bonchev–Trinajstić information content (AvgIpc) is 2.18. The van der Waals surface area contributed by atoms with Crippen molar-refractivity contribution in [1.82, 2.24) is 5.32 Å². The minimum Gasteiger partial charge on any atom is -0.315 e. The van der Waals surface area contributed by atoms with Gasteiger partial charge in [-0.3, -0.25) is 4.79 Å². The van der Waals surface area contributed by atoms with Crippen LogP contribution in [0.5, 0.6) is 0 Å². The van der Waals surface area contributed by atoms with Gasteiger partial charge in [0.25, 0.3) is 0 Å². The van der Waals surface area contributed by atoms with E-state index >= 15 is 0 Å². The highest BCUT2D eigenvalue weighted by atomic mass is 35.5. The molecule has 1 heterocycles.